The van der Waals surface area contributed by atoms with Gasteiger partial charge in [-0.2, -0.15) is 0 Å². The molecular weight excluding hydrogens is 324 g/mol. The van der Waals surface area contributed by atoms with Crippen LogP contribution in [0.1, 0.15) is 11.1 Å². The summed E-state index contributed by atoms with van der Waals surface area (Å²) < 4.78 is 1.15. The largest absolute Gasteiger partial charge is 0.335 e. The summed E-state index contributed by atoms with van der Waals surface area (Å²) in [6.45, 7) is 4.55. The van der Waals surface area contributed by atoms with Gasteiger partial charge in [0.2, 0.25) is 0 Å². The second kappa shape index (κ2) is 8.32. The Morgan fingerprint density at radius 1 is 0.762 bits per heavy atom. The Morgan fingerprint density at radius 2 is 1.33 bits per heavy atom. The van der Waals surface area contributed by atoms with E-state index < -0.39 is 0 Å². The van der Waals surface area contributed by atoms with Gasteiger partial charge in [-0.15, -0.1) is 0 Å². The molecule has 0 aromatic heterocycles. The van der Waals surface area contributed by atoms with Crippen LogP contribution >= 0.6 is 15.9 Å². The van der Waals surface area contributed by atoms with Gasteiger partial charge in [0.1, 0.15) is 26.2 Å². The van der Waals surface area contributed by atoms with Gasteiger partial charge in [0.25, 0.3) is 0 Å². The summed E-state index contributed by atoms with van der Waals surface area (Å²) in [5.74, 6) is 0. The zero-order valence-corrected chi connectivity index (χ0v) is 14.5. The molecule has 2 N–H and O–H groups in total. The Hall–Kier alpha value is -1.16. The maximum atomic E-state index is 3.51. The highest BCUT2D eigenvalue weighted by molar-refractivity contribution is 9.10. The first-order valence-corrected chi connectivity index (χ1v) is 8.34. The summed E-state index contributed by atoms with van der Waals surface area (Å²) in [4.78, 5) is 3.13. The van der Waals surface area contributed by atoms with Gasteiger partial charge in [0, 0.05) is 15.6 Å². The van der Waals surface area contributed by atoms with Crippen molar-refractivity contribution in [3.63, 3.8) is 0 Å². The highest BCUT2D eigenvalue weighted by Crippen LogP contribution is 2.09. The summed E-state index contributed by atoms with van der Waals surface area (Å²) in [5.41, 5.74) is 2.82. The third kappa shape index (κ3) is 6.00. The summed E-state index contributed by atoms with van der Waals surface area (Å²) in [5, 5.41) is 0. The van der Waals surface area contributed by atoms with E-state index in [-0.39, 0.29) is 0 Å². The van der Waals surface area contributed by atoms with E-state index >= 15 is 0 Å². The van der Waals surface area contributed by atoms with Gasteiger partial charge in [0.05, 0.1) is 14.1 Å². The molecule has 1 atom stereocenters. The number of benzene rings is 2. The molecule has 112 valence electrons. The minimum atomic E-state index is 1.08. The quantitative estimate of drug-likeness (QED) is 0.743. The molecule has 3 heteroatoms. The topological polar surface area (TPSA) is 8.88 Å². The fraction of sp³-hybridized carbons (Fsp3) is 0.333. The third-order valence-corrected chi connectivity index (χ3v) is 4.17. The molecule has 0 fully saturated rings. The lowest BCUT2D eigenvalue weighted by molar-refractivity contribution is -0.960. The lowest BCUT2D eigenvalue weighted by Gasteiger charge is -2.20. The molecule has 2 aromatic rings. The Balaban J connectivity index is 2.02. The SMILES string of the molecule is C[NH+](C)CC[NH+](Cc1ccccc1)Cc1ccc(Br)cc1. The van der Waals surface area contributed by atoms with Crippen LogP contribution in [0.3, 0.4) is 0 Å². The predicted octanol–water partition coefficient (Wildman–Crippen LogP) is 1.18. The van der Waals surface area contributed by atoms with Crippen LogP contribution in [0, 0.1) is 0 Å². The van der Waals surface area contributed by atoms with Crippen molar-refractivity contribution in [2.45, 2.75) is 13.1 Å². The average Bonchev–Trinajstić information content (AvgIpc) is 2.48. The molecule has 1 unspecified atom stereocenters. The Bertz CT molecular complexity index is 523. The van der Waals surface area contributed by atoms with E-state index in [0.717, 1.165) is 17.6 Å². The molecule has 2 rings (SSSR count). The molecule has 0 radical (unpaired) electrons. The maximum absolute atomic E-state index is 3.51. The molecule has 0 aliphatic heterocycles. The van der Waals surface area contributed by atoms with Crippen LogP contribution in [0.5, 0.6) is 0 Å². The molecule has 0 heterocycles. The minimum Gasteiger partial charge on any atom is -0.335 e. The van der Waals surface area contributed by atoms with Crippen LogP contribution in [-0.2, 0) is 13.1 Å². The average molecular weight is 349 g/mol. The number of hydrogen-bond donors (Lipinski definition) is 2. The summed E-state index contributed by atoms with van der Waals surface area (Å²) in [6.07, 6.45) is 0. The van der Waals surface area contributed by atoms with E-state index in [0.29, 0.717) is 0 Å². The van der Waals surface area contributed by atoms with Gasteiger partial charge in [-0.05, 0) is 12.1 Å². The molecule has 0 saturated carbocycles. The van der Waals surface area contributed by atoms with E-state index in [1.807, 2.05) is 0 Å². The molecular formula is C18H25BrN2+2. The van der Waals surface area contributed by atoms with Gasteiger partial charge < -0.3 is 9.80 Å². The zero-order chi connectivity index (χ0) is 15.1. The van der Waals surface area contributed by atoms with Crippen LogP contribution in [0.25, 0.3) is 0 Å². The third-order valence-electron chi connectivity index (χ3n) is 3.64. The fourth-order valence-corrected chi connectivity index (χ4v) is 2.71. The lowest BCUT2D eigenvalue weighted by Crippen LogP contribution is -3.16. The van der Waals surface area contributed by atoms with Gasteiger partial charge in [-0.1, -0.05) is 58.4 Å². The molecule has 0 amide bonds. The van der Waals surface area contributed by atoms with Crippen molar-refractivity contribution in [1.82, 2.24) is 0 Å². The van der Waals surface area contributed by atoms with Crippen LogP contribution in [0.15, 0.2) is 59.1 Å². The van der Waals surface area contributed by atoms with Crippen molar-refractivity contribution in [3.05, 3.63) is 70.2 Å². The molecule has 2 nitrogen and oxygen atoms in total. The Morgan fingerprint density at radius 3 is 1.90 bits per heavy atom. The summed E-state index contributed by atoms with van der Waals surface area (Å²) in [6, 6.07) is 19.5. The van der Waals surface area contributed by atoms with E-state index in [4.69, 9.17) is 0 Å². The monoisotopic (exact) mass is 348 g/mol. The van der Waals surface area contributed by atoms with Gasteiger partial charge >= 0.3 is 0 Å². The van der Waals surface area contributed by atoms with Crippen LogP contribution in [-0.4, -0.2) is 27.2 Å². The van der Waals surface area contributed by atoms with E-state index in [1.165, 1.54) is 29.1 Å². The predicted molar refractivity (Wildman–Crippen MR) is 91.5 cm³/mol. The molecule has 0 bridgehead atoms. The number of likely N-dealkylation sites (N-methyl/N-ethyl adjacent to an activating group) is 1. The van der Waals surface area contributed by atoms with Crippen molar-refractivity contribution >= 4 is 15.9 Å². The van der Waals surface area contributed by atoms with E-state index in [9.17, 15) is 0 Å². The first kappa shape index (κ1) is 16.2. The number of quaternary nitrogens is 2. The van der Waals surface area contributed by atoms with E-state index in [2.05, 4.69) is 84.6 Å². The molecule has 0 spiro atoms. The first-order chi connectivity index (χ1) is 10.1. The Labute approximate surface area is 136 Å². The summed E-state index contributed by atoms with van der Waals surface area (Å²) >= 11 is 3.51. The van der Waals surface area contributed by atoms with Crippen molar-refractivity contribution < 1.29 is 9.80 Å². The smallest absolute Gasteiger partial charge is 0.127 e. The standard InChI is InChI=1S/C18H23BrN2/c1-20(2)12-13-21(14-16-6-4-3-5-7-16)15-17-8-10-18(19)11-9-17/h3-11H,12-15H2,1-2H3/p+2. The first-order valence-electron chi connectivity index (χ1n) is 7.54. The molecule has 0 saturated heterocycles. The van der Waals surface area contributed by atoms with Crippen LogP contribution in [0.4, 0.5) is 0 Å². The number of nitrogens with one attached hydrogen (secondary N) is 2. The highest BCUT2D eigenvalue weighted by Gasteiger charge is 2.12. The molecule has 21 heavy (non-hydrogen) atoms. The minimum absolute atomic E-state index is 1.08. The van der Waals surface area contributed by atoms with Crippen molar-refractivity contribution in [2.75, 3.05) is 27.2 Å². The van der Waals surface area contributed by atoms with E-state index in [1.54, 1.807) is 4.90 Å². The van der Waals surface area contributed by atoms with Crippen molar-refractivity contribution in [1.29, 1.82) is 0 Å². The van der Waals surface area contributed by atoms with Crippen LogP contribution in [0.2, 0.25) is 0 Å². The normalized spacial score (nSPS) is 12.6. The van der Waals surface area contributed by atoms with Crippen molar-refractivity contribution in [3.8, 4) is 0 Å². The van der Waals surface area contributed by atoms with Crippen molar-refractivity contribution in [2.24, 2.45) is 0 Å². The fourth-order valence-electron chi connectivity index (χ4n) is 2.44. The molecule has 2 aromatic carbocycles. The number of halogens is 1. The maximum Gasteiger partial charge on any atom is 0.127 e. The Kier molecular flexibility index (Phi) is 6.43. The second-order valence-corrected chi connectivity index (χ2v) is 6.84. The number of rotatable bonds is 7. The number of hydrogen-bond acceptors (Lipinski definition) is 0. The second-order valence-electron chi connectivity index (χ2n) is 5.92. The zero-order valence-electron chi connectivity index (χ0n) is 12.9. The summed E-state index contributed by atoms with van der Waals surface area (Å²) in [7, 11) is 4.44. The lowest BCUT2D eigenvalue weighted by atomic mass is 10.1. The van der Waals surface area contributed by atoms with Gasteiger partial charge in [-0.3, -0.25) is 0 Å². The highest BCUT2D eigenvalue weighted by atomic mass is 79.9. The molecule has 0 aliphatic rings. The van der Waals surface area contributed by atoms with Crippen LogP contribution < -0.4 is 9.80 Å². The van der Waals surface area contributed by atoms with Gasteiger partial charge in [0.15, 0.2) is 0 Å². The van der Waals surface area contributed by atoms with Gasteiger partial charge in [-0.25, -0.2) is 0 Å². The molecule has 0 aliphatic carbocycles.